The summed E-state index contributed by atoms with van der Waals surface area (Å²) in [4.78, 5) is 18.5. The molecule has 0 aliphatic heterocycles. The third-order valence-corrected chi connectivity index (χ3v) is 2.91. The van der Waals surface area contributed by atoms with Crippen LogP contribution in [0.1, 0.15) is 12.8 Å². The van der Waals surface area contributed by atoms with Crippen molar-refractivity contribution in [3.05, 3.63) is 41.0 Å². The largest absolute Gasteiger partial charge is 0.364 e. The Bertz CT molecular complexity index is 585. The van der Waals surface area contributed by atoms with Crippen LogP contribution in [0.3, 0.4) is 0 Å². The van der Waals surface area contributed by atoms with E-state index in [1.165, 1.54) is 12.1 Å². The average molecular weight is 291 g/mol. The highest BCUT2D eigenvalue weighted by molar-refractivity contribution is 5.59. The molecule has 0 radical (unpaired) electrons. The first-order chi connectivity index (χ1) is 10.2. The molecule has 0 saturated heterocycles. The molecule has 9 nitrogen and oxygen atoms in total. The Kier molecular flexibility index (Phi) is 5.04. The number of imidazole rings is 1. The summed E-state index contributed by atoms with van der Waals surface area (Å²) in [7, 11) is 0. The van der Waals surface area contributed by atoms with E-state index in [1.54, 1.807) is 12.5 Å². The smallest absolute Gasteiger partial charge is 0.311 e. The molecule has 4 N–H and O–H groups in total. The minimum absolute atomic E-state index is 0.0661. The molecule has 2 heterocycles. The number of nitro groups is 1. The predicted octanol–water partition coefficient (Wildman–Crippen LogP) is 1.36. The lowest BCUT2D eigenvalue weighted by Gasteiger charge is -2.08. The highest BCUT2D eigenvalue weighted by Crippen LogP contribution is 2.23. The summed E-state index contributed by atoms with van der Waals surface area (Å²) < 4.78 is 1.99. The molecule has 0 bridgehead atoms. The predicted molar refractivity (Wildman–Crippen MR) is 78.7 cm³/mol. The van der Waals surface area contributed by atoms with Crippen molar-refractivity contribution in [3.63, 3.8) is 0 Å². The van der Waals surface area contributed by atoms with Crippen LogP contribution in [-0.2, 0) is 6.54 Å². The molecule has 0 spiro atoms. The normalized spacial score (nSPS) is 10.3. The quantitative estimate of drug-likeness (QED) is 0.290. The van der Waals surface area contributed by atoms with Crippen molar-refractivity contribution in [2.24, 2.45) is 5.84 Å². The Morgan fingerprint density at radius 1 is 1.38 bits per heavy atom. The number of hydrogen-bond acceptors (Lipinski definition) is 7. The molecule has 21 heavy (non-hydrogen) atoms. The zero-order valence-electron chi connectivity index (χ0n) is 11.4. The van der Waals surface area contributed by atoms with E-state index in [0.717, 1.165) is 19.4 Å². The summed E-state index contributed by atoms with van der Waals surface area (Å²) in [5.41, 5.74) is 2.30. The number of hydrogen-bond donors (Lipinski definition) is 3. The molecule has 0 unspecified atom stereocenters. The van der Waals surface area contributed by atoms with E-state index < -0.39 is 4.92 Å². The van der Waals surface area contributed by atoms with Crippen LogP contribution < -0.4 is 16.6 Å². The summed E-state index contributed by atoms with van der Waals surface area (Å²) in [5.74, 6) is 5.85. The monoisotopic (exact) mass is 291 g/mol. The highest BCUT2D eigenvalue weighted by Gasteiger charge is 2.15. The highest BCUT2D eigenvalue weighted by atomic mass is 16.6. The van der Waals surface area contributed by atoms with Crippen molar-refractivity contribution < 1.29 is 4.92 Å². The number of nitrogen functional groups attached to an aromatic ring is 1. The number of nitrogens with zero attached hydrogens (tertiary/aromatic N) is 4. The molecule has 0 atom stereocenters. The summed E-state index contributed by atoms with van der Waals surface area (Å²) in [6, 6.07) is 2.83. The van der Waals surface area contributed by atoms with E-state index in [4.69, 9.17) is 5.84 Å². The van der Waals surface area contributed by atoms with Crippen molar-refractivity contribution in [1.29, 1.82) is 0 Å². The molecule has 0 amide bonds. The van der Waals surface area contributed by atoms with Gasteiger partial charge >= 0.3 is 5.69 Å². The molecule has 2 aromatic heterocycles. The summed E-state index contributed by atoms with van der Waals surface area (Å²) >= 11 is 0. The number of aryl methyl sites for hydroxylation is 1. The fourth-order valence-electron chi connectivity index (χ4n) is 1.85. The van der Waals surface area contributed by atoms with Crippen molar-refractivity contribution in [2.75, 3.05) is 17.3 Å². The van der Waals surface area contributed by atoms with Gasteiger partial charge in [0.2, 0.25) is 5.82 Å². The number of nitrogens with two attached hydrogens (primary N) is 1. The molecule has 0 aliphatic carbocycles. The molecule has 0 saturated carbocycles. The Hall–Kier alpha value is -2.68. The van der Waals surface area contributed by atoms with Crippen molar-refractivity contribution in [3.8, 4) is 0 Å². The van der Waals surface area contributed by atoms with Gasteiger partial charge in [-0.05, 0) is 18.9 Å². The molecule has 2 aromatic rings. The van der Waals surface area contributed by atoms with Crippen LogP contribution in [0.15, 0.2) is 30.9 Å². The average Bonchev–Trinajstić information content (AvgIpc) is 2.99. The van der Waals surface area contributed by atoms with E-state index in [0.29, 0.717) is 12.4 Å². The van der Waals surface area contributed by atoms with E-state index in [9.17, 15) is 10.1 Å². The number of rotatable bonds is 8. The van der Waals surface area contributed by atoms with E-state index >= 15 is 0 Å². The van der Waals surface area contributed by atoms with Gasteiger partial charge in [-0.25, -0.2) is 15.8 Å². The maximum absolute atomic E-state index is 10.9. The fourth-order valence-corrected chi connectivity index (χ4v) is 1.85. The first-order valence-corrected chi connectivity index (χ1v) is 6.52. The summed E-state index contributed by atoms with van der Waals surface area (Å²) in [6.45, 7) is 1.46. The third kappa shape index (κ3) is 4.14. The van der Waals surface area contributed by atoms with Crippen molar-refractivity contribution >= 4 is 17.3 Å². The van der Waals surface area contributed by atoms with E-state index in [1.807, 2.05) is 10.8 Å². The number of hydrazine groups is 1. The topological polar surface area (TPSA) is 124 Å². The van der Waals surface area contributed by atoms with Crippen LogP contribution in [0.2, 0.25) is 0 Å². The molecular weight excluding hydrogens is 274 g/mol. The van der Waals surface area contributed by atoms with Gasteiger partial charge in [0.05, 0.1) is 11.3 Å². The van der Waals surface area contributed by atoms with Crippen LogP contribution in [0, 0.1) is 10.1 Å². The molecule has 2 rings (SSSR count). The minimum Gasteiger partial charge on any atom is -0.364 e. The van der Waals surface area contributed by atoms with Crippen LogP contribution in [0.4, 0.5) is 17.3 Å². The zero-order chi connectivity index (χ0) is 15.1. The van der Waals surface area contributed by atoms with Gasteiger partial charge in [0.1, 0.15) is 5.82 Å². The van der Waals surface area contributed by atoms with Crippen LogP contribution in [-0.4, -0.2) is 26.0 Å². The van der Waals surface area contributed by atoms with Gasteiger partial charge in [-0.1, -0.05) is 0 Å². The Labute approximate surface area is 121 Å². The maximum atomic E-state index is 10.9. The van der Waals surface area contributed by atoms with Gasteiger partial charge in [0.15, 0.2) is 0 Å². The van der Waals surface area contributed by atoms with Crippen LogP contribution in [0.5, 0.6) is 0 Å². The second-order valence-electron chi connectivity index (χ2n) is 4.40. The molecule has 112 valence electrons. The van der Waals surface area contributed by atoms with Gasteiger partial charge in [0.25, 0.3) is 0 Å². The SMILES string of the molecule is NNc1ccc([N+](=O)[O-])c(NCCCCn2ccnc2)n1. The molecule has 0 aliphatic rings. The van der Waals surface area contributed by atoms with Gasteiger partial charge in [0, 0.05) is 31.5 Å². The first kappa shape index (κ1) is 14.7. The lowest BCUT2D eigenvalue weighted by atomic mass is 10.3. The Balaban J connectivity index is 1.85. The number of unbranched alkanes of at least 4 members (excludes halogenated alkanes) is 1. The molecular formula is C12H17N7O2. The van der Waals surface area contributed by atoms with Crippen molar-refractivity contribution in [2.45, 2.75) is 19.4 Å². The number of anilines is 2. The van der Waals surface area contributed by atoms with Gasteiger partial charge in [-0.2, -0.15) is 0 Å². The second kappa shape index (κ2) is 7.20. The maximum Gasteiger partial charge on any atom is 0.311 e. The van der Waals surface area contributed by atoms with Crippen molar-refractivity contribution in [1.82, 2.24) is 14.5 Å². The van der Waals surface area contributed by atoms with Crippen LogP contribution in [0.25, 0.3) is 0 Å². The third-order valence-electron chi connectivity index (χ3n) is 2.91. The summed E-state index contributed by atoms with van der Waals surface area (Å²) in [5, 5.41) is 13.9. The van der Waals surface area contributed by atoms with Crippen LogP contribution >= 0.6 is 0 Å². The first-order valence-electron chi connectivity index (χ1n) is 6.52. The molecule has 0 aromatic carbocycles. The van der Waals surface area contributed by atoms with E-state index in [2.05, 4.69) is 20.7 Å². The Morgan fingerprint density at radius 3 is 2.90 bits per heavy atom. The lowest BCUT2D eigenvalue weighted by molar-refractivity contribution is -0.384. The Morgan fingerprint density at radius 2 is 2.24 bits per heavy atom. The number of nitrogens with one attached hydrogen (secondary N) is 2. The number of aromatic nitrogens is 3. The zero-order valence-corrected chi connectivity index (χ0v) is 11.4. The lowest BCUT2D eigenvalue weighted by Crippen LogP contribution is -2.12. The van der Waals surface area contributed by atoms with Gasteiger partial charge in [-0.3, -0.25) is 10.1 Å². The second-order valence-corrected chi connectivity index (χ2v) is 4.40. The van der Waals surface area contributed by atoms with Gasteiger partial charge < -0.3 is 15.3 Å². The van der Waals surface area contributed by atoms with Gasteiger partial charge in [-0.15, -0.1) is 0 Å². The minimum atomic E-state index is -0.471. The molecule has 9 heteroatoms. The fraction of sp³-hybridized carbons (Fsp3) is 0.333. The summed E-state index contributed by atoms with van der Waals surface area (Å²) in [6.07, 6.45) is 7.19. The standard InChI is InChI=1S/C12H17N7O2/c13-17-11-4-3-10(19(20)21)12(16-11)15-5-1-2-7-18-8-6-14-9-18/h3-4,6,8-9H,1-2,5,7,13H2,(H2,15,16,17). The molecule has 0 fully saturated rings. The van der Waals surface area contributed by atoms with E-state index in [-0.39, 0.29) is 11.5 Å². The number of pyridine rings is 1.